The topological polar surface area (TPSA) is 26.3 Å². The predicted molar refractivity (Wildman–Crippen MR) is 92.7 cm³/mol. The molecule has 23 heavy (non-hydrogen) atoms. The Bertz CT molecular complexity index is 907. The Hall–Kier alpha value is -1.91. The molecular formula is C18H14ClFO2S. The van der Waals surface area contributed by atoms with Crippen LogP contribution >= 0.6 is 22.9 Å². The molecule has 0 unspecified atom stereocenters. The average Bonchev–Trinajstić information content (AvgIpc) is 2.82. The van der Waals surface area contributed by atoms with Crippen molar-refractivity contribution in [3.63, 3.8) is 0 Å². The second-order valence-electron chi connectivity index (χ2n) is 5.35. The molecule has 3 rings (SSSR count). The first-order valence-electron chi connectivity index (χ1n) is 7.00. The van der Waals surface area contributed by atoms with E-state index in [-0.39, 0.29) is 11.6 Å². The number of benzene rings is 2. The minimum Gasteiger partial charge on any atom is -0.497 e. The number of aryl methyl sites for hydroxylation is 2. The van der Waals surface area contributed by atoms with Gasteiger partial charge in [0.05, 0.1) is 17.0 Å². The van der Waals surface area contributed by atoms with Crippen LogP contribution in [-0.2, 0) is 0 Å². The highest BCUT2D eigenvalue weighted by Gasteiger charge is 2.22. The number of methoxy groups -OCH3 is 1. The summed E-state index contributed by atoms with van der Waals surface area (Å²) in [5, 5.41) is 1.25. The van der Waals surface area contributed by atoms with Gasteiger partial charge in [0.25, 0.3) is 0 Å². The Morgan fingerprint density at radius 3 is 2.43 bits per heavy atom. The van der Waals surface area contributed by atoms with Crippen LogP contribution in [0.5, 0.6) is 5.75 Å². The highest BCUT2D eigenvalue weighted by Crippen LogP contribution is 2.39. The molecule has 5 heteroatoms. The number of hydrogen-bond donors (Lipinski definition) is 0. The average molecular weight is 349 g/mol. The van der Waals surface area contributed by atoms with Crippen molar-refractivity contribution in [1.82, 2.24) is 0 Å². The van der Waals surface area contributed by atoms with E-state index < -0.39 is 0 Å². The van der Waals surface area contributed by atoms with Crippen LogP contribution in [0.3, 0.4) is 0 Å². The number of rotatable bonds is 3. The van der Waals surface area contributed by atoms with Crippen LogP contribution in [0.2, 0.25) is 5.02 Å². The maximum atomic E-state index is 13.5. The van der Waals surface area contributed by atoms with Crippen molar-refractivity contribution in [2.24, 2.45) is 0 Å². The zero-order chi connectivity index (χ0) is 16.7. The molecule has 3 aromatic rings. The van der Waals surface area contributed by atoms with E-state index in [4.69, 9.17) is 16.3 Å². The summed E-state index contributed by atoms with van der Waals surface area (Å²) in [5.41, 5.74) is 1.73. The summed E-state index contributed by atoms with van der Waals surface area (Å²) < 4.78 is 19.5. The molecule has 0 aliphatic rings. The van der Waals surface area contributed by atoms with E-state index in [2.05, 4.69) is 0 Å². The number of carbonyl (C=O) groups is 1. The smallest absolute Gasteiger partial charge is 0.205 e. The fourth-order valence-electron chi connectivity index (χ4n) is 2.70. The molecule has 2 nitrogen and oxygen atoms in total. The minimum absolute atomic E-state index is 0.176. The molecule has 2 aromatic carbocycles. The summed E-state index contributed by atoms with van der Waals surface area (Å²) in [4.78, 5) is 13.4. The monoisotopic (exact) mass is 348 g/mol. The molecular weight excluding hydrogens is 335 g/mol. The third-order valence-electron chi connectivity index (χ3n) is 3.77. The van der Waals surface area contributed by atoms with Crippen molar-refractivity contribution in [2.75, 3.05) is 7.11 Å². The number of ketones is 1. The van der Waals surface area contributed by atoms with E-state index in [0.717, 1.165) is 10.1 Å². The summed E-state index contributed by atoms with van der Waals surface area (Å²) in [6.45, 7) is 3.46. The lowest BCUT2D eigenvalue weighted by molar-refractivity contribution is 0.104. The van der Waals surface area contributed by atoms with Gasteiger partial charge in [0.15, 0.2) is 0 Å². The van der Waals surface area contributed by atoms with Crippen molar-refractivity contribution in [2.45, 2.75) is 13.8 Å². The molecule has 0 radical (unpaired) electrons. The predicted octanol–water partition coefficient (Wildman–Crippen LogP) is 5.55. The van der Waals surface area contributed by atoms with Gasteiger partial charge in [-0.25, -0.2) is 4.39 Å². The van der Waals surface area contributed by atoms with Crippen LogP contribution in [0.15, 0.2) is 30.3 Å². The second kappa shape index (κ2) is 5.95. The molecule has 0 aliphatic heterocycles. The van der Waals surface area contributed by atoms with Gasteiger partial charge in [-0.2, -0.15) is 0 Å². The fraction of sp³-hybridized carbons (Fsp3) is 0.167. The van der Waals surface area contributed by atoms with Gasteiger partial charge in [-0.1, -0.05) is 11.6 Å². The number of hydrogen-bond acceptors (Lipinski definition) is 3. The van der Waals surface area contributed by atoms with Crippen LogP contribution in [0.25, 0.3) is 10.1 Å². The molecule has 0 fully saturated rings. The molecule has 118 valence electrons. The van der Waals surface area contributed by atoms with Crippen LogP contribution < -0.4 is 4.74 Å². The lowest BCUT2D eigenvalue weighted by Gasteiger charge is -2.08. The Kier molecular flexibility index (Phi) is 4.13. The normalized spacial score (nSPS) is 11.0. The summed E-state index contributed by atoms with van der Waals surface area (Å²) in [7, 11) is 1.59. The van der Waals surface area contributed by atoms with Gasteiger partial charge < -0.3 is 4.74 Å². The standard InChI is InChI=1S/C18H14ClFO2S/c1-9-6-11(20)7-10(2)15(9)17(21)18-16(19)13-5-4-12(22-3)8-14(13)23-18/h4-8H,1-3H3. The zero-order valence-corrected chi connectivity index (χ0v) is 14.4. The molecule has 0 saturated heterocycles. The molecule has 0 saturated carbocycles. The van der Waals surface area contributed by atoms with E-state index >= 15 is 0 Å². The van der Waals surface area contributed by atoms with Crippen molar-refractivity contribution < 1.29 is 13.9 Å². The lowest BCUT2D eigenvalue weighted by Crippen LogP contribution is -2.05. The van der Waals surface area contributed by atoms with E-state index in [1.165, 1.54) is 23.5 Å². The summed E-state index contributed by atoms with van der Waals surface area (Å²) in [6, 6.07) is 8.24. The Balaban J connectivity index is 2.17. The van der Waals surface area contributed by atoms with Crippen molar-refractivity contribution >= 4 is 38.8 Å². The number of carbonyl (C=O) groups excluding carboxylic acids is 1. The van der Waals surface area contributed by atoms with E-state index in [1.54, 1.807) is 21.0 Å². The molecule has 0 spiro atoms. The number of fused-ring (bicyclic) bond motifs is 1. The van der Waals surface area contributed by atoms with Gasteiger partial charge >= 0.3 is 0 Å². The third kappa shape index (κ3) is 2.73. The van der Waals surface area contributed by atoms with Gasteiger partial charge in [0, 0.05) is 15.6 Å². The van der Waals surface area contributed by atoms with Gasteiger partial charge in [0.1, 0.15) is 11.6 Å². The Labute approximate surface area is 142 Å². The summed E-state index contributed by atoms with van der Waals surface area (Å²) in [5.74, 6) is 0.192. The van der Waals surface area contributed by atoms with Crippen LogP contribution in [0.4, 0.5) is 4.39 Å². The Morgan fingerprint density at radius 1 is 1.17 bits per heavy atom. The Morgan fingerprint density at radius 2 is 1.83 bits per heavy atom. The maximum absolute atomic E-state index is 13.5. The molecule has 0 amide bonds. The third-order valence-corrected chi connectivity index (χ3v) is 5.42. The fourth-order valence-corrected chi connectivity index (χ4v) is 4.19. The molecule has 0 N–H and O–H groups in total. The van der Waals surface area contributed by atoms with Gasteiger partial charge in [-0.05, 0) is 55.3 Å². The minimum atomic E-state index is -0.344. The number of ether oxygens (including phenoxy) is 1. The van der Waals surface area contributed by atoms with Crippen molar-refractivity contribution in [3.8, 4) is 5.75 Å². The van der Waals surface area contributed by atoms with Crippen LogP contribution in [0.1, 0.15) is 26.4 Å². The van der Waals surface area contributed by atoms with Crippen molar-refractivity contribution in [3.05, 3.63) is 62.7 Å². The van der Waals surface area contributed by atoms with Crippen molar-refractivity contribution in [1.29, 1.82) is 0 Å². The maximum Gasteiger partial charge on any atom is 0.205 e. The lowest BCUT2D eigenvalue weighted by atomic mass is 9.98. The molecule has 0 atom stereocenters. The molecule has 1 heterocycles. The van der Waals surface area contributed by atoms with E-state index in [1.807, 2.05) is 18.2 Å². The van der Waals surface area contributed by atoms with Crippen LogP contribution in [-0.4, -0.2) is 12.9 Å². The molecule has 0 bridgehead atoms. The summed E-state index contributed by atoms with van der Waals surface area (Å²) in [6.07, 6.45) is 0. The zero-order valence-electron chi connectivity index (χ0n) is 12.9. The molecule has 1 aromatic heterocycles. The van der Waals surface area contributed by atoms with E-state index in [0.29, 0.717) is 32.3 Å². The second-order valence-corrected chi connectivity index (χ2v) is 6.78. The highest BCUT2D eigenvalue weighted by atomic mass is 35.5. The van der Waals surface area contributed by atoms with Crippen LogP contribution in [0, 0.1) is 19.7 Å². The van der Waals surface area contributed by atoms with Gasteiger partial charge in [0.2, 0.25) is 5.78 Å². The first kappa shape index (κ1) is 16.0. The first-order valence-corrected chi connectivity index (χ1v) is 8.19. The largest absolute Gasteiger partial charge is 0.497 e. The molecule has 0 aliphatic carbocycles. The van der Waals surface area contributed by atoms with Gasteiger partial charge in [-0.15, -0.1) is 11.3 Å². The highest BCUT2D eigenvalue weighted by molar-refractivity contribution is 7.21. The first-order chi connectivity index (χ1) is 10.9. The summed E-state index contributed by atoms with van der Waals surface area (Å²) >= 11 is 7.73. The number of halogens is 2. The van der Waals surface area contributed by atoms with Gasteiger partial charge in [-0.3, -0.25) is 4.79 Å². The SMILES string of the molecule is COc1ccc2c(Cl)c(C(=O)c3c(C)cc(F)cc3C)sc2c1. The van der Waals surface area contributed by atoms with E-state index in [9.17, 15) is 9.18 Å². The number of thiophene rings is 1. The quantitative estimate of drug-likeness (QED) is 0.580.